The smallest absolute Gasteiger partial charge is 0.254 e. The molecule has 4 rings (SSSR count). The number of aromatic nitrogens is 1. The fourth-order valence-corrected chi connectivity index (χ4v) is 4.38. The zero-order chi connectivity index (χ0) is 20.1. The fraction of sp³-hybridized carbons (Fsp3) is 0.478. The zero-order valence-electron chi connectivity index (χ0n) is 16.7. The Morgan fingerprint density at radius 2 is 2.03 bits per heavy atom. The number of hydrogen-bond donors (Lipinski definition) is 0. The van der Waals surface area contributed by atoms with Crippen LogP contribution in [0.4, 0.5) is 5.69 Å². The fourth-order valence-electron chi connectivity index (χ4n) is 4.15. The van der Waals surface area contributed by atoms with Crippen LogP contribution in [-0.4, -0.2) is 48.1 Å². The second kappa shape index (κ2) is 9.59. The van der Waals surface area contributed by atoms with Gasteiger partial charge in [-0.15, -0.1) is 0 Å². The molecule has 2 saturated heterocycles. The van der Waals surface area contributed by atoms with Gasteiger partial charge in [0.2, 0.25) is 0 Å². The first-order valence-electron chi connectivity index (χ1n) is 10.6. The van der Waals surface area contributed by atoms with Crippen LogP contribution in [0, 0.1) is 0 Å². The summed E-state index contributed by atoms with van der Waals surface area (Å²) >= 11 is 6.48. The van der Waals surface area contributed by atoms with E-state index in [1.165, 1.54) is 19.3 Å². The molecule has 0 N–H and O–H groups in total. The number of piperidine rings is 1. The van der Waals surface area contributed by atoms with Crippen molar-refractivity contribution in [1.29, 1.82) is 0 Å². The van der Waals surface area contributed by atoms with Gasteiger partial charge >= 0.3 is 0 Å². The van der Waals surface area contributed by atoms with E-state index in [1.54, 1.807) is 6.20 Å². The summed E-state index contributed by atoms with van der Waals surface area (Å²) < 4.78 is 5.80. The third-order valence-electron chi connectivity index (χ3n) is 5.70. The van der Waals surface area contributed by atoms with Gasteiger partial charge in [-0.2, -0.15) is 0 Å². The van der Waals surface area contributed by atoms with Crippen LogP contribution in [0.15, 0.2) is 42.6 Å². The van der Waals surface area contributed by atoms with Crippen molar-refractivity contribution in [1.82, 2.24) is 9.88 Å². The molecule has 0 aliphatic carbocycles. The third-order valence-corrected chi connectivity index (χ3v) is 6.02. The van der Waals surface area contributed by atoms with Gasteiger partial charge in [0.15, 0.2) is 0 Å². The van der Waals surface area contributed by atoms with Gasteiger partial charge in [0, 0.05) is 38.0 Å². The molecule has 0 bridgehead atoms. The van der Waals surface area contributed by atoms with Gasteiger partial charge < -0.3 is 14.5 Å². The van der Waals surface area contributed by atoms with E-state index < -0.39 is 0 Å². The highest BCUT2D eigenvalue weighted by atomic mass is 35.5. The normalized spacial score (nSPS) is 19.3. The Balaban J connectivity index is 1.57. The van der Waals surface area contributed by atoms with Gasteiger partial charge in [-0.05, 0) is 62.4 Å². The minimum absolute atomic E-state index is 0.000999. The molecule has 2 aromatic rings. The van der Waals surface area contributed by atoms with Crippen molar-refractivity contribution in [3.05, 3.63) is 58.9 Å². The third kappa shape index (κ3) is 5.09. The molecule has 2 fully saturated rings. The van der Waals surface area contributed by atoms with E-state index in [1.807, 2.05) is 41.3 Å². The number of ether oxygens (including phenoxy) is 1. The maximum Gasteiger partial charge on any atom is 0.254 e. The maximum absolute atomic E-state index is 13.5. The van der Waals surface area contributed by atoms with E-state index in [0.29, 0.717) is 23.7 Å². The minimum atomic E-state index is 0.000999. The van der Waals surface area contributed by atoms with Crippen LogP contribution >= 0.6 is 11.6 Å². The summed E-state index contributed by atoms with van der Waals surface area (Å²) in [5, 5.41) is 0.707. The maximum atomic E-state index is 13.5. The number of halogens is 1. The highest BCUT2D eigenvalue weighted by Gasteiger charge is 2.25. The van der Waals surface area contributed by atoms with Gasteiger partial charge in [0.25, 0.3) is 5.91 Å². The highest BCUT2D eigenvalue weighted by molar-refractivity contribution is 6.33. The molecule has 0 unspecified atom stereocenters. The van der Waals surface area contributed by atoms with Crippen molar-refractivity contribution < 1.29 is 9.53 Å². The quantitative estimate of drug-likeness (QED) is 0.697. The lowest BCUT2D eigenvalue weighted by atomic mass is 10.1. The first-order chi connectivity index (χ1) is 14.2. The number of benzene rings is 1. The second-order valence-corrected chi connectivity index (χ2v) is 8.26. The highest BCUT2D eigenvalue weighted by Crippen LogP contribution is 2.30. The number of carbonyl (C=O) groups is 1. The van der Waals surface area contributed by atoms with Gasteiger partial charge in [-0.1, -0.05) is 17.7 Å². The molecule has 2 aliphatic heterocycles. The van der Waals surface area contributed by atoms with Crippen LogP contribution < -0.4 is 4.90 Å². The van der Waals surface area contributed by atoms with E-state index in [2.05, 4.69) is 9.88 Å². The van der Waals surface area contributed by atoms with E-state index in [0.717, 1.165) is 43.9 Å². The van der Waals surface area contributed by atoms with E-state index >= 15 is 0 Å². The summed E-state index contributed by atoms with van der Waals surface area (Å²) in [5.41, 5.74) is 2.51. The molecule has 2 aliphatic rings. The molecule has 1 amide bonds. The SMILES string of the molecule is O=C(c1ccc(Cl)c(N2CCCCC2)c1)N(Cc1ccccn1)C[C@@H]1CCCO1. The zero-order valence-corrected chi connectivity index (χ0v) is 17.5. The molecule has 5 nitrogen and oxygen atoms in total. The summed E-state index contributed by atoms with van der Waals surface area (Å²) in [6.45, 7) is 3.81. The Kier molecular flexibility index (Phi) is 6.67. The summed E-state index contributed by atoms with van der Waals surface area (Å²) in [5.74, 6) is 0.000999. The van der Waals surface area contributed by atoms with Gasteiger partial charge in [-0.25, -0.2) is 0 Å². The Hall–Kier alpha value is -2.11. The van der Waals surface area contributed by atoms with Gasteiger partial charge in [0.05, 0.1) is 29.1 Å². The predicted molar refractivity (Wildman–Crippen MR) is 115 cm³/mol. The molecule has 0 spiro atoms. The van der Waals surface area contributed by atoms with Crippen LogP contribution in [0.2, 0.25) is 5.02 Å². The molecule has 1 atom stereocenters. The molecule has 29 heavy (non-hydrogen) atoms. The van der Waals surface area contributed by atoms with Crippen LogP contribution in [0.5, 0.6) is 0 Å². The largest absolute Gasteiger partial charge is 0.376 e. The standard InChI is InChI=1S/C23H28ClN3O2/c24-21-10-9-18(15-22(21)26-12-4-1-5-13-26)23(28)27(17-20-8-6-14-29-20)16-19-7-2-3-11-25-19/h2-3,7,9-11,15,20H,1,4-6,8,12-14,16-17H2/t20-/m0/s1. The monoisotopic (exact) mass is 413 g/mol. The summed E-state index contributed by atoms with van der Waals surface area (Å²) in [7, 11) is 0. The first kappa shape index (κ1) is 20.2. The van der Waals surface area contributed by atoms with Crippen LogP contribution in [-0.2, 0) is 11.3 Å². The Morgan fingerprint density at radius 1 is 1.17 bits per heavy atom. The summed E-state index contributed by atoms with van der Waals surface area (Å²) in [4.78, 5) is 22.0. The van der Waals surface area contributed by atoms with Crippen LogP contribution in [0.1, 0.15) is 48.2 Å². The second-order valence-electron chi connectivity index (χ2n) is 7.86. The number of rotatable bonds is 6. The van der Waals surface area contributed by atoms with Crippen molar-refractivity contribution >= 4 is 23.2 Å². The van der Waals surface area contributed by atoms with Crippen molar-refractivity contribution in [3.63, 3.8) is 0 Å². The van der Waals surface area contributed by atoms with Gasteiger partial charge in [0.1, 0.15) is 0 Å². The molecule has 1 aromatic carbocycles. The topological polar surface area (TPSA) is 45.7 Å². The predicted octanol–water partition coefficient (Wildman–Crippen LogP) is 4.55. The molecule has 1 aromatic heterocycles. The van der Waals surface area contributed by atoms with Gasteiger partial charge in [-0.3, -0.25) is 9.78 Å². The van der Waals surface area contributed by atoms with Crippen molar-refractivity contribution in [2.24, 2.45) is 0 Å². The summed E-state index contributed by atoms with van der Waals surface area (Å²) in [6.07, 6.45) is 7.49. The molecule has 0 saturated carbocycles. The van der Waals surface area contributed by atoms with E-state index in [9.17, 15) is 4.79 Å². The van der Waals surface area contributed by atoms with Crippen molar-refractivity contribution in [2.75, 3.05) is 31.1 Å². The number of hydrogen-bond acceptors (Lipinski definition) is 4. The van der Waals surface area contributed by atoms with E-state index in [-0.39, 0.29) is 12.0 Å². The minimum Gasteiger partial charge on any atom is -0.376 e. The van der Waals surface area contributed by atoms with Crippen LogP contribution in [0.3, 0.4) is 0 Å². The van der Waals surface area contributed by atoms with Crippen molar-refractivity contribution in [3.8, 4) is 0 Å². The molecule has 154 valence electrons. The number of amides is 1. The van der Waals surface area contributed by atoms with Crippen molar-refractivity contribution in [2.45, 2.75) is 44.8 Å². The molecule has 6 heteroatoms. The molecular formula is C23H28ClN3O2. The lowest BCUT2D eigenvalue weighted by molar-refractivity contribution is 0.0504. The first-order valence-corrected chi connectivity index (χ1v) is 10.9. The number of pyridine rings is 1. The molecular weight excluding hydrogens is 386 g/mol. The number of nitrogens with zero attached hydrogens (tertiary/aromatic N) is 3. The lowest BCUT2D eigenvalue weighted by Crippen LogP contribution is -2.37. The molecule has 3 heterocycles. The lowest BCUT2D eigenvalue weighted by Gasteiger charge is -2.30. The Labute approximate surface area is 177 Å². The summed E-state index contributed by atoms with van der Waals surface area (Å²) in [6, 6.07) is 11.4. The Morgan fingerprint density at radius 3 is 2.76 bits per heavy atom. The average molecular weight is 414 g/mol. The van der Waals surface area contributed by atoms with Crippen LogP contribution in [0.25, 0.3) is 0 Å². The van der Waals surface area contributed by atoms with E-state index in [4.69, 9.17) is 16.3 Å². The Bertz CT molecular complexity index is 818. The molecule has 0 radical (unpaired) electrons. The number of anilines is 1. The average Bonchev–Trinajstić information content (AvgIpc) is 3.28. The number of carbonyl (C=O) groups excluding carboxylic acids is 1.